The Bertz CT molecular complexity index is 901. The second-order valence-corrected chi connectivity index (χ2v) is 7.47. The lowest BCUT2D eigenvalue weighted by Crippen LogP contribution is -2.28. The molecule has 3 rings (SSSR count). The third kappa shape index (κ3) is 4.64. The predicted octanol–water partition coefficient (Wildman–Crippen LogP) is 3.91. The van der Waals surface area contributed by atoms with Crippen LogP contribution in [0.4, 0.5) is 0 Å². The van der Waals surface area contributed by atoms with E-state index < -0.39 is 0 Å². The molecule has 0 aliphatic rings. The SMILES string of the molecule is C[C@H](NC(=O)CSc1n[nH]c(-c2cc(Br)ccc2O)n1)c1ccccc1. The van der Waals surface area contributed by atoms with Crippen LogP contribution >= 0.6 is 27.7 Å². The number of halogens is 1. The van der Waals surface area contributed by atoms with Gasteiger partial charge in [0.1, 0.15) is 5.75 Å². The van der Waals surface area contributed by atoms with Crippen molar-refractivity contribution >= 4 is 33.6 Å². The number of phenols is 1. The first kappa shape index (κ1) is 18.5. The van der Waals surface area contributed by atoms with Crippen molar-refractivity contribution < 1.29 is 9.90 Å². The Morgan fingerprint density at radius 1 is 1.31 bits per heavy atom. The van der Waals surface area contributed by atoms with Crippen molar-refractivity contribution in [1.82, 2.24) is 20.5 Å². The first-order valence-electron chi connectivity index (χ1n) is 7.91. The minimum atomic E-state index is -0.0944. The van der Waals surface area contributed by atoms with Crippen molar-refractivity contribution in [1.29, 1.82) is 0 Å². The monoisotopic (exact) mass is 432 g/mol. The molecule has 0 fully saturated rings. The van der Waals surface area contributed by atoms with E-state index in [1.54, 1.807) is 18.2 Å². The lowest BCUT2D eigenvalue weighted by atomic mass is 10.1. The molecule has 0 saturated carbocycles. The van der Waals surface area contributed by atoms with Crippen LogP contribution in [0.5, 0.6) is 5.75 Å². The molecule has 0 bridgehead atoms. The zero-order chi connectivity index (χ0) is 18.5. The average molecular weight is 433 g/mol. The van der Waals surface area contributed by atoms with E-state index in [9.17, 15) is 9.90 Å². The summed E-state index contributed by atoms with van der Waals surface area (Å²) in [6, 6.07) is 14.8. The molecule has 3 N–H and O–H groups in total. The Labute approximate surface area is 163 Å². The topological polar surface area (TPSA) is 90.9 Å². The molecule has 0 aliphatic carbocycles. The Balaban J connectivity index is 1.58. The van der Waals surface area contributed by atoms with Crippen LogP contribution in [0.3, 0.4) is 0 Å². The van der Waals surface area contributed by atoms with E-state index in [1.165, 1.54) is 11.8 Å². The molecular formula is C18H17BrN4O2S. The molecule has 26 heavy (non-hydrogen) atoms. The van der Waals surface area contributed by atoms with Crippen LogP contribution in [-0.2, 0) is 4.79 Å². The number of amides is 1. The summed E-state index contributed by atoms with van der Waals surface area (Å²) in [5.41, 5.74) is 1.59. The third-order valence-electron chi connectivity index (χ3n) is 3.69. The number of nitrogens with one attached hydrogen (secondary N) is 2. The summed E-state index contributed by atoms with van der Waals surface area (Å²) in [6.45, 7) is 1.94. The molecule has 2 aromatic carbocycles. The van der Waals surface area contributed by atoms with Gasteiger partial charge in [-0.1, -0.05) is 58.0 Å². The number of carbonyl (C=O) groups is 1. The van der Waals surface area contributed by atoms with E-state index in [-0.39, 0.29) is 23.5 Å². The van der Waals surface area contributed by atoms with Gasteiger partial charge in [0, 0.05) is 4.47 Å². The van der Waals surface area contributed by atoms with Crippen LogP contribution in [0.1, 0.15) is 18.5 Å². The summed E-state index contributed by atoms with van der Waals surface area (Å²) in [7, 11) is 0. The number of nitrogens with zero attached hydrogens (tertiary/aromatic N) is 2. The van der Waals surface area contributed by atoms with Gasteiger partial charge in [0.25, 0.3) is 0 Å². The molecule has 3 aromatic rings. The summed E-state index contributed by atoms with van der Waals surface area (Å²) < 4.78 is 0.824. The Morgan fingerprint density at radius 3 is 2.85 bits per heavy atom. The number of rotatable bonds is 6. The maximum absolute atomic E-state index is 12.1. The van der Waals surface area contributed by atoms with Crippen molar-refractivity contribution in [3.05, 3.63) is 58.6 Å². The van der Waals surface area contributed by atoms with Crippen LogP contribution in [0.15, 0.2) is 58.2 Å². The molecule has 1 aromatic heterocycles. The molecule has 0 radical (unpaired) electrons. The fourth-order valence-electron chi connectivity index (χ4n) is 2.37. The van der Waals surface area contributed by atoms with E-state index >= 15 is 0 Å². The number of aromatic hydroxyl groups is 1. The Kier molecular flexibility index (Phi) is 5.95. The van der Waals surface area contributed by atoms with Crippen LogP contribution in [0.2, 0.25) is 0 Å². The fraction of sp³-hybridized carbons (Fsp3) is 0.167. The van der Waals surface area contributed by atoms with Gasteiger partial charge in [0.05, 0.1) is 17.4 Å². The molecule has 6 nitrogen and oxygen atoms in total. The summed E-state index contributed by atoms with van der Waals surface area (Å²) >= 11 is 4.59. The molecule has 1 amide bonds. The molecule has 134 valence electrons. The highest BCUT2D eigenvalue weighted by atomic mass is 79.9. The highest BCUT2D eigenvalue weighted by Gasteiger charge is 2.13. The van der Waals surface area contributed by atoms with Gasteiger partial charge in [0.15, 0.2) is 5.82 Å². The normalized spacial score (nSPS) is 11.9. The first-order chi connectivity index (χ1) is 12.5. The molecule has 0 unspecified atom stereocenters. The average Bonchev–Trinajstić information content (AvgIpc) is 3.11. The summed E-state index contributed by atoms with van der Waals surface area (Å²) in [4.78, 5) is 16.5. The van der Waals surface area contributed by atoms with Gasteiger partial charge in [-0.2, -0.15) is 0 Å². The van der Waals surface area contributed by atoms with Gasteiger partial charge in [0.2, 0.25) is 11.1 Å². The highest BCUT2D eigenvalue weighted by molar-refractivity contribution is 9.10. The van der Waals surface area contributed by atoms with Gasteiger partial charge in [-0.05, 0) is 30.7 Å². The van der Waals surface area contributed by atoms with Gasteiger partial charge < -0.3 is 10.4 Å². The van der Waals surface area contributed by atoms with Crippen LogP contribution < -0.4 is 5.32 Å². The number of H-pyrrole nitrogens is 1. The zero-order valence-corrected chi connectivity index (χ0v) is 16.3. The number of aromatic amines is 1. The number of carbonyl (C=O) groups excluding carboxylic acids is 1. The first-order valence-corrected chi connectivity index (χ1v) is 9.69. The van der Waals surface area contributed by atoms with Crippen molar-refractivity contribution in [2.45, 2.75) is 18.1 Å². The second kappa shape index (κ2) is 8.37. The molecule has 0 spiro atoms. The number of hydrogen-bond acceptors (Lipinski definition) is 5. The minimum Gasteiger partial charge on any atom is -0.507 e. The van der Waals surface area contributed by atoms with Gasteiger partial charge >= 0.3 is 0 Å². The Hall–Kier alpha value is -2.32. The summed E-state index contributed by atoms with van der Waals surface area (Å²) in [6.07, 6.45) is 0. The molecule has 0 saturated heterocycles. The maximum Gasteiger partial charge on any atom is 0.230 e. The third-order valence-corrected chi connectivity index (χ3v) is 5.03. The number of aromatic nitrogens is 3. The molecule has 8 heteroatoms. The van der Waals surface area contributed by atoms with Crippen molar-refractivity contribution in [3.8, 4) is 17.1 Å². The lowest BCUT2D eigenvalue weighted by molar-refractivity contribution is -0.119. The fourth-order valence-corrected chi connectivity index (χ4v) is 3.34. The maximum atomic E-state index is 12.1. The quantitative estimate of drug-likeness (QED) is 0.513. The number of hydrogen-bond donors (Lipinski definition) is 3. The number of benzene rings is 2. The van der Waals surface area contributed by atoms with Gasteiger partial charge in [-0.15, -0.1) is 5.10 Å². The van der Waals surface area contributed by atoms with Gasteiger partial charge in [-0.3, -0.25) is 9.89 Å². The van der Waals surface area contributed by atoms with Crippen molar-refractivity contribution in [2.24, 2.45) is 0 Å². The molecular weight excluding hydrogens is 416 g/mol. The largest absolute Gasteiger partial charge is 0.507 e. The zero-order valence-electron chi connectivity index (χ0n) is 13.9. The predicted molar refractivity (Wildman–Crippen MR) is 105 cm³/mol. The van der Waals surface area contributed by atoms with E-state index in [2.05, 4.69) is 36.4 Å². The van der Waals surface area contributed by atoms with Crippen molar-refractivity contribution in [2.75, 3.05) is 5.75 Å². The Morgan fingerprint density at radius 2 is 2.08 bits per heavy atom. The van der Waals surface area contributed by atoms with Crippen LogP contribution in [0.25, 0.3) is 11.4 Å². The van der Waals surface area contributed by atoms with E-state index in [1.807, 2.05) is 37.3 Å². The van der Waals surface area contributed by atoms with E-state index in [0.29, 0.717) is 16.5 Å². The molecule has 0 aliphatic heterocycles. The van der Waals surface area contributed by atoms with Crippen LogP contribution in [0, 0.1) is 0 Å². The number of thioether (sulfide) groups is 1. The standard InChI is InChI=1S/C18H17BrN4O2S/c1-11(12-5-3-2-4-6-12)20-16(25)10-26-18-21-17(22-23-18)14-9-13(19)7-8-15(14)24/h2-9,11,24H,10H2,1H3,(H,20,25)(H,21,22,23)/t11-/m0/s1. The summed E-state index contributed by atoms with van der Waals surface area (Å²) in [5.74, 6) is 0.668. The van der Waals surface area contributed by atoms with Gasteiger partial charge in [-0.25, -0.2) is 4.98 Å². The van der Waals surface area contributed by atoms with Crippen molar-refractivity contribution in [3.63, 3.8) is 0 Å². The smallest absolute Gasteiger partial charge is 0.230 e. The van der Waals surface area contributed by atoms with Crippen LogP contribution in [-0.4, -0.2) is 31.9 Å². The summed E-state index contributed by atoms with van der Waals surface area (Å²) in [5, 5.41) is 20.2. The lowest BCUT2D eigenvalue weighted by Gasteiger charge is -2.13. The minimum absolute atomic E-state index is 0.0642. The van der Waals surface area contributed by atoms with E-state index in [4.69, 9.17) is 0 Å². The molecule has 1 heterocycles. The number of phenolic OH excluding ortho intramolecular Hbond substituents is 1. The highest BCUT2D eigenvalue weighted by Crippen LogP contribution is 2.30. The second-order valence-electron chi connectivity index (χ2n) is 5.62. The van der Waals surface area contributed by atoms with E-state index in [0.717, 1.165) is 10.0 Å². The molecule has 1 atom stereocenters.